The molecule has 0 amide bonds. The van der Waals surface area contributed by atoms with E-state index in [1.807, 2.05) is 73.1 Å². The molecule has 0 saturated heterocycles. The molecule has 0 spiro atoms. The van der Waals surface area contributed by atoms with Gasteiger partial charge in [0, 0.05) is 36.2 Å². The van der Waals surface area contributed by atoms with Gasteiger partial charge in [-0.15, -0.1) is 0 Å². The molecule has 0 fully saturated rings. The molecule has 5 aliphatic rings. The molecule has 5 aliphatic heterocycles. The molecule has 34 heavy (non-hydrogen) atoms. The minimum absolute atomic E-state index is 0.717. The Balaban J connectivity index is 1.49. The number of fused-ring (bicyclic) bond motifs is 5. The number of hydrogen-bond donors (Lipinski definition) is 4. The average molecular weight is 442 g/mol. The van der Waals surface area contributed by atoms with E-state index in [4.69, 9.17) is 15.0 Å². The predicted octanol–water partition coefficient (Wildman–Crippen LogP) is 3.75. The first-order valence-corrected chi connectivity index (χ1v) is 10.9. The van der Waals surface area contributed by atoms with E-state index in [0.29, 0.717) is 5.82 Å². The molecule has 2 aromatic rings. The lowest BCUT2D eigenvalue weighted by Crippen LogP contribution is -2.21. The van der Waals surface area contributed by atoms with Gasteiger partial charge in [0.1, 0.15) is 11.6 Å². The van der Waals surface area contributed by atoms with Gasteiger partial charge < -0.3 is 20.6 Å². The molecule has 7 rings (SSSR count). The quantitative estimate of drug-likeness (QED) is 0.540. The lowest BCUT2D eigenvalue weighted by Gasteiger charge is -2.10. The third kappa shape index (κ3) is 3.08. The number of nitrogens with one attached hydrogen (secondary N) is 4. The zero-order valence-electron chi connectivity index (χ0n) is 17.9. The van der Waals surface area contributed by atoms with Gasteiger partial charge >= 0.3 is 0 Å². The fourth-order valence-electron chi connectivity index (χ4n) is 4.35. The molecule has 0 aliphatic carbocycles. The number of aromatic amines is 2. The number of H-pyrrole nitrogens is 2. The molecule has 0 aromatic carbocycles. The van der Waals surface area contributed by atoms with E-state index < -0.39 is 0 Å². The second kappa shape index (κ2) is 7.28. The fourth-order valence-corrected chi connectivity index (χ4v) is 4.35. The lowest BCUT2D eigenvalue weighted by atomic mass is 10.1. The standard InChI is InChI=1S/C26H18N8/c1-2-16-14-18-4-6-20(33-18)24(26-29-11-12-30-26)22-8-7-21(34-22)23(25-27-9-10-28-25)19-5-3-17(32-19)13-15(1)31-16/h1-14,27-28,31H,(H,29,30). The Morgan fingerprint density at radius 2 is 1.29 bits per heavy atom. The Hall–Kier alpha value is -4.98. The monoisotopic (exact) mass is 442 g/mol. The minimum atomic E-state index is 0.717. The van der Waals surface area contributed by atoms with Crippen molar-refractivity contribution in [1.82, 2.24) is 25.6 Å². The van der Waals surface area contributed by atoms with Gasteiger partial charge in [-0.3, -0.25) is 0 Å². The van der Waals surface area contributed by atoms with Crippen LogP contribution >= 0.6 is 0 Å². The molecule has 8 heteroatoms. The summed E-state index contributed by atoms with van der Waals surface area (Å²) in [6.07, 6.45) is 23.3. The summed E-state index contributed by atoms with van der Waals surface area (Å²) in [5.41, 5.74) is 8.60. The SMILES string of the molecule is C1=CNC(=C2C3=NC(=Cc4ccc([nH]4)C=C4C=CC(=N4)C(c4ncc[nH]4)=C4C=CC2=N4)C=C3)N1. The maximum atomic E-state index is 5.01. The van der Waals surface area contributed by atoms with Crippen LogP contribution in [0.15, 0.2) is 117 Å². The molecule has 4 N–H and O–H groups in total. The number of allylic oxidation sites excluding steroid dienone is 8. The zero-order chi connectivity index (χ0) is 22.5. The summed E-state index contributed by atoms with van der Waals surface area (Å²) in [5, 5.41) is 6.53. The highest BCUT2D eigenvalue weighted by Crippen LogP contribution is 2.30. The van der Waals surface area contributed by atoms with Crippen molar-refractivity contribution in [3.63, 3.8) is 0 Å². The van der Waals surface area contributed by atoms with E-state index in [1.165, 1.54) is 0 Å². The lowest BCUT2D eigenvalue weighted by molar-refractivity contribution is 0.983. The maximum absolute atomic E-state index is 5.01. The van der Waals surface area contributed by atoms with Crippen molar-refractivity contribution in [1.29, 1.82) is 0 Å². The zero-order valence-corrected chi connectivity index (χ0v) is 17.9. The van der Waals surface area contributed by atoms with Gasteiger partial charge in [0.2, 0.25) is 0 Å². The molecule has 7 heterocycles. The molecule has 8 bridgehead atoms. The topological polar surface area (TPSA) is 106 Å². The van der Waals surface area contributed by atoms with Crippen LogP contribution in [0.2, 0.25) is 0 Å². The number of aromatic nitrogens is 3. The molecule has 8 nitrogen and oxygen atoms in total. The van der Waals surface area contributed by atoms with E-state index in [0.717, 1.165) is 62.6 Å². The van der Waals surface area contributed by atoms with Gasteiger partial charge in [0.15, 0.2) is 0 Å². The van der Waals surface area contributed by atoms with Crippen molar-refractivity contribution in [2.45, 2.75) is 0 Å². The Morgan fingerprint density at radius 3 is 1.97 bits per heavy atom. The largest absolute Gasteiger partial charge is 0.355 e. The second-order valence-corrected chi connectivity index (χ2v) is 8.07. The number of aliphatic imine (C=N–C) groups is 3. The van der Waals surface area contributed by atoms with Crippen LogP contribution in [-0.2, 0) is 0 Å². The summed E-state index contributed by atoms with van der Waals surface area (Å²) in [7, 11) is 0. The minimum Gasteiger partial charge on any atom is -0.355 e. The number of hydrogen-bond acceptors (Lipinski definition) is 6. The van der Waals surface area contributed by atoms with Crippen LogP contribution < -0.4 is 10.6 Å². The van der Waals surface area contributed by atoms with Crippen LogP contribution in [-0.4, -0.2) is 32.1 Å². The third-order valence-electron chi connectivity index (χ3n) is 5.85. The molecule has 0 atom stereocenters. The van der Waals surface area contributed by atoms with E-state index in [-0.39, 0.29) is 0 Å². The van der Waals surface area contributed by atoms with Crippen LogP contribution in [0.4, 0.5) is 0 Å². The summed E-state index contributed by atoms with van der Waals surface area (Å²) in [4.78, 5) is 25.9. The summed E-state index contributed by atoms with van der Waals surface area (Å²) in [6, 6.07) is 4.08. The molecule has 162 valence electrons. The van der Waals surface area contributed by atoms with Gasteiger partial charge in [-0.05, 0) is 60.7 Å². The first kappa shape index (κ1) is 18.6. The van der Waals surface area contributed by atoms with E-state index in [9.17, 15) is 0 Å². The third-order valence-corrected chi connectivity index (χ3v) is 5.85. The van der Waals surface area contributed by atoms with Gasteiger partial charge in [-0.1, -0.05) is 0 Å². The van der Waals surface area contributed by atoms with Crippen LogP contribution in [0.25, 0.3) is 17.7 Å². The number of nitrogens with zero attached hydrogens (tertiary/aromatic N) is 4. The number of imidazole rings is 1. The van der Waals surface area contributed by atoms with Crippen molar-refractivity contribution in [3.8, 4) is 0 Å². The Morgan fingerprint density at radius 1 is 0.647 bits per heavy atom. The molecule has 0 radical (unpaired) electrons. The smallest absolute Gasteiger partial charge is 0.141 e. The molecular formula is C26H18N8. The molecule has 2 aromatic heterocycles. The predicted molar refractivity (Wildman–Crippen MR) is 134 cm³/mol. The highest BCUT2D eigenvalue weighted by Gasteiger charge is 2.25. The average Bonchev–Trinajstić information content (AvgIpc) is 3.67. The molecule has 0 saturated carbocycles. The highest BCUT2D eigenvalue weighted by molar-refractivity contribution is 6.35. The van der Waals surface area contributed by atoms with E-state index in [1.54, 1.807) is 12.4 Å². The van der Waals surface area contributed by atoms with Crippen molar-refractivity contribution in [2.24, 2.45) is 15.0 Å². The van der Waals surface area contributed by atoms with Crippen molar-refractivity contribution in [2.75, 3.05) is 0 Å². The summed E-state index contributed by atoms with van der Waals surface area (Å²) >= 11 is 0. The van der Waals surface area contributed by atoms with Crippen LogP contribution in [0.3, 0.4) is 0 Å². The first-order chi connectivity index (χ1) is 16.8. The molecule has 0 unspecified atom stereocenters. The van der Waals surface area contributed by atoms with Crippen molar-refractivity contribution >= 4 is 34.9 Å². The Bertz CT molecular complexity index is 1560. The van der Waals surface area contributed by atoms with Gasteiger partial charge in [-0.25, -0.2) is 20.0 Å². The summed E-state index contributed by atoms with van der Waals surface area (Å²) in [6.45, 7) is 0. The van der Waals surface area contributed by atoms with E-state index in [2.05, 4.69) is 25.6 Å². The molecular weight excluding hydrogens is 424 g/mol. The number of rotatable bonds is 1. The Kier molecular flexibility index (Phi) is 3.98. The van der Waals surface area contributed by atoms with Crippen molar-refractivity contribution < 1.29 is 0 Å². The van der Waals surface area contributed by atoms with Crippen LogP contribution in [0.5, 0.6) is 0 Å². The second-order valence-electron chi connectivity index (χ2n) is 8.07. The normalized spacial score (nSPS) is 19.8. The van der Waals surface area contributed by atoms with E-state index >= 15 is 0 Å². The van der Waals surface area contributed by atoms with Crippen LogP contribution in [0, 0.1) is 0 Å². The fraction of sp³-hybridized carbons (Fsp3) is 0. The van der Waals surface area contributed by atoms with Gasteiger partial charge in [0.25, 0.3) is 0 Å². The summed E-state index contributed by atoms with van der Waals surface area (Å²) in [5.74, 6) is 1.55. The van der Waals surface area contributed by atoms with Gasteiger partial charge in [0.05, 0.1) is 45.4 Å². The van der Waals surface area contributed by atoms with Gasteiger partial charge in [-0.2, -0.15) is 0 Å². The maximum Gasteiger partial charge on any atom is 0.141 e. The summed E-state index contributed by atoms with van der Waals surface area (Å²) < 4.78 is 0. The Labute approximate surface area is 194 Å². The van der Waals surface area contributed by atoms with Crippen LogP contribution in [0.1, 0.15) is 17.2 Å². The highest BCUT2D eigenvalue weighted by atomic mass is 15.1. The van der Waals surface area contributed by atoms with Crippen molar-refractivity contribution in [3.05, 3.63) is 119 Å². The first-order valence-electron chi connectivity index (χ1n) is 10.9.